The largest absolute Gasteiger partial charge is 0.378 e. The van der Waals surface area contributed by atoms with Gasteiger partial charge in [0.15, 0.2) is 5.82 Å². The van der Waals surface area contributed by atoms with E-state index in [9.17, 15) is 0 Å². The van der Waals surface area contributed by atoms with Crippen LogP contribution in [-0.4, -0.2) is 14.8 Å². The Labute approximate surface area is 130 Å². The predicted octanol–water partition coefficient (Wildman–Crippen LogP) is 4.36. The number of hydrogen-bond acceptors (Lipinski definition) is 3. The molecule has 1 aromatic heterocycles. The smallest absolute Gasteiger partial charge is 0.152 e. The number of nitrogens with one attached hydrogen (secondary N) is 1. The van der Waals surface area contributed by atoms with Crippen molar-refractivity contribution >= 4 is 17.3 Å². The highest BCUT2D eigenvalue weighted by Gasteiger charge is 2.20. The molecule has 0 atom stereocenters. The molecular formula is C16H21ClN4. The van der Waals surface area contributed by atoms with Crippen molar-refractivity contribution in [3.63, 3.8) is 0 Å². The molecule has 0 bridgehead atoms. The highest BCUT2D eigenvalue weighted by atomic mass is 35.5. The van der Waals surface area contributed by atoms with Crippen LogP contribution >= 0.6 is 11.6 Å². The summed E-state index contributed by atoms with van der Waals surface area (Å²) in [5.41, 5.74) is 1.05. The van der Waals surface area contributed by atoms with Crippen LogP contribution in [0, 0.1) is 6.92 Å². The zero-order valence-corrected chi connectivity index (χ0v) is 13.1. The molecular weight excluding hydrogens is 284 g/mol. The summed E-state index contributed by atoms with van der Waals surface area (Å²) in [7, 11) is 0. The van der Waals surface area contributed by atoms with E-state index in [1.807, 2.05) is 31.2 Å². The highest BCUT2D eigenvalue weighted by molar-refractivity contribution is 6.30. The van der Waals surface area contributed by atoms with Crippen molar-refractivity contribution in [2.24, 2.45) is 0 Å². The fourth-order valence-electron chi connectivity index (χ4n) is 3.10. The zero-order valence-electron chi connectivity index (χ0n) is 12.3. The average Bonchev–Trinajstić information content (AvgIpc) is 2.88. The van der Waals surface area contributed by atoms with Gasteiger partial charge in [-0.25, -0.2) is 0 Å². The minimum Gasteiger partial charge on any atom is -0.378 e. The maximum Gasteiger partial charge on any atom is 0.152 e. The molecule has 112 valence electrons. The van der Waals surface area contributed by atoms with E-state index in [0.29, 0.717) is 12.6 Å². The second kappa shape index (κ2) is 6.48. The quantitative estimate of drug-likeness (QED) is 0.912. The lowest BCUT2D eigenvalue weighted by molar-refractivity contribution is 0.341. The summed E-state index contributed by atoms with van der Waals surface area (Å²) >= 11 is 5.90. The molecule has 5 heteroatoms. The Bertz CT molecular complexity index is 585. The number of rotatable bonds is 4. The van der Waals surface area contributed by atoms with Gasteiger partial charge in [-0.15, -0.1) is 10.2 Å². The lowest BCUT2D eigenvalue weighted by Crippen LogP contribution is -2.18. The Balaban J connectivity index is 1.71. The minimum absolute atomic E-state index is 0.566. The van der Waals surface area contributed by atoms with Crippen molar-refractivity contribution in [1.82, 2.24) is 14.8 Å². The summed E-state index contributed by atoms with van der Waals surface area (Å²) in [5, 5.41) is 12.8. The Morgan fingerprint density at radius 1 is 1.14 bits per heavy atom. The Kier molecular flexibility index (Phi) is 4.44. The first-order chi connectivity index (χ1) is 10.2. The fourth-order valence-corrected chi connectivity index (χ4v) is 3.22. The Hall–Kier alpha value is -1.55. The molecule has 1 saturated carbocycles. The molecule has 2 aromatic rings. The van der Waals surface area contributed by atoms with Gasteiger partial charge >= 0.3 is 0 Å². The number of benzene rings is 1. The van der Waals surface area contributed by atoms with Crippen LogP contribution in [-0.2, 0) is 6.54 Å². The van der Waals surface area contributed by atoms with Crippen molar-refractivity contribution in [3.8, 4) is 0 Å². The molecule has 0 aliphatic heterocycles. The molecule has 1 heterocycles. The number of anilines is 1. The first kappa shape index (κ1) is 14.4. The second-order valence-electron chi connectivity index (χ2n) is 5.69. The first-order valence-electron chi connectivity index (χ1n) is 7.64. The number of hydrogen-bond donors (Lipinski definition) is 1. The zero-order chi connectivity index (χ0) is 14.7. The fraction of sp³-hybridized carbons (Fsp3) is 0.500. The summed E-state index contributed by atoms with van der Waals surface area (Å²) in [6.07, 6.45) is 6.47. The molecule has 1 aliphatic carbocycles. The van der Waals surface area contributed by atoms with Crippen LogP contribution in [0.1, 0.15) is 49.8 Å². The number of halogens is 1. The van der Waals surface area contributed by atoms with Crippen LogP contribution in [0.15, 0.2) is 24.3 Å². The van der Waals surface area contributed by atoms with Gasteiger partial charge in [-0.2, -0.15) is 0 Å². The van der Waals surface area contributed by atoms with E-state index in [-0.39, 0.29) is 0 Å². The molecule has 0 amide bonds. The second-order valence-corrected chi connectivity index (χ2v) is 6.12. The minimum atomic E-state index is 0.566. The third kappa shape index (κ3) is 3.38. The van der Waals surface area contributed by atoms with Crippen LogP contribution in [0.5, 0.6) is 0 Å². The lowest BCUT2D eigenvalue weighted by atomic mass is 9.95. The van der Waals surface area contributed by atoms with E-state index >= 15 is 0 Å². The summed E-state index contributed by atoms with van der Waals surface area (Å²) < 4.78 is 2.32. The molecule has 1 N–H and O–H groups in total. The third-order valence-electron chi connectivity index (χ3n) is 4.17. The topological polar surface area (TPSA) is 42.7 Å². The van der Waals surface area contributed by atoms with Crippen LogP contribution in [0.4, 0.5) is 5.69 Å². The van der Waals surface area contributed by atoms with Crippen molar-refractivity contribution in [1.29, 1.82) is 0 Å². The van der Waals surface area contributed by atoms with Crippen molar-refractivity contribution < 1.29 is 0 Å². The van der Waals surface area contributed by atoms with E-state index in [1.54, 1.807) is 0 Å². The van der Waals surface area contributed by atoms with E-state index in [2.05, 4.69) is 20.1 Å². The summed E-state index contributed by atoms with van der Waals surface area (Å²) in [4.78, 5) is 0. The van der Waals surface area contributed by atoms with Crippen LogP contribution in [0.3, 0.4) is 0 Å². The van der Waals surface area contributed by atoms with Gasteiger partial charge in [0.05, 0.1) is 6.54 Å². The van der Waals surface area contributed by atoms with Crippen molar-refractivity contribution in [2.45, 2.75) is 51.6 Å². The molecule has 0 spiro atoms. The van der Waals surface area contributed by atoms with Gasteiger partial charge in [0.1, 0.15) is 5.82 Å². The number of aromatic nitrogens is 3. The van der Waals surface area contributed by atoms with Gasteiger partial charge in [-0.05, 0) is 44.0 Å². The van der Waals surface area contributed by atoms with Crippen molar-refractivity contribution in [3.05, 3.63) is 40.9 Å². The van der Waals surface area contributed by atoms with Gasteiger partial charge < -0.3 is 9.88 Å². The van der Waals surface area contributed by atoms with Crippen LogP contribution in [0.2, 0.25) is 5.02 Å². The molecule has 0 radical (unpaired) electrons. The van der Waals surface area contributed by atoms with Gasteiger partial charge in [0.25, 0.3) is 0 Å². The van der Waals surface area contributed by atoms with Gasteiger partial charge in [-0.1, -0.05) is 30.9 Å². The monoisotopic (exact) mass is 304 g/mol. The molecule has 1 aromatic carbocycles. The third-order valence-corrected chi connectivity index (χ3v) is 4.42. The van der Waals surface area contributed by atoms with E-state index in [1.165, 1.54) is 32.1 Å². The van der Waals surface area contributed by atoms with Crippen molar-refractivity contribution in [2.75, 3.05) is 5.32 Å². The van der Waals surface area contributed by atoms with Crippen LogP contribution < -0.4 is 5.32 Å². The average molecular weight is 305 g/mol. The van der Waals surface area contributed by atoms with E-state index in [0.717, 1.165) is 22.4 Å². The van der Waals surface area contributed by atoms with Gasteiger partial charge in [0.2, 0.25) is 0 Å². The molecule has 21 heavy (non-hydrogen) atoms. The predicted molar refractivity (Wildman–Crippen MR) is 85.7 cm³/mol. The SMILES string of the molecule is Cc1nnc(CNc2ccc(Cl)cc2)n1C1CCCCC1. The molecule has 1 fully saturated rings. The molecule has 1 aliphatic rings. The van der Waals surface area contributed by atoms with Gasteiger partial charge in [0, 0.05) is 16.8 Å². The Morgan fingerprint density at radius 2 is 1.86 bits per heavy atom. The molecule has 4 nitrogen and oxygen atoms in total. The summed E-state index contributed by atoms with van der Waals surface area (Å²) in [6.45, 7) is 2.74. The first-order valence-corrected chi connectivity index (χ1v) is 8.01. The standard InChI is InChI=1S/C16H21ClN4/c1-12-19-20-16(21(12)15-5-3-2-4-6-15)11-18-14-9-7-13(17)8-10-14/h7-10,15,18H,2-6,11H2,1H3. The molecule has 0 unspecified atom stereocenters. The summed E-state index contributed by atoms with van der Waals surface area (Å²) in [6, 6.07) is 8.31. The normalized spacial score (nSPS) is 16.1. The lowest BCUT2D eigenvalue weighted by Gasteiger charge is -2.25. The summed E-state index contributed by atoms with van der Waals surface area (Å²) in [5.74, 6) is 2.05. The molecule has 3 rings (SSSR count). The van der Waals surface area contributed by atoms with E-state index < -0.39 is 0 Å². The molecule has 0 saturated heterocycles. The maximum absolute atomic E-state index is 5.90. The number of nitrogens with zero attached hydrogens (tertiary/aromatic N) is 3. The van der Waals surface area contributed by atoms with Gasteiger partial charge in [-0.3, -0.25) is 0 Å². The number of aryl methyl sites for hydroxylation is 1. The maximum atomic E-state index is 5.90. The van der Waals surface area contributed by atoms with Crippen LogP contribution in [0.25, 0.3) is 0 Å². The Morgan fingerprint density at radius 3 is 2.57 bits per heavy atom. The highest BCUT2D eigenvalue weighted by Crippen LogP contribution is 2.29. The van der Waals surface area contributed by atoms with E-state index in [4.69, 9.17) is 11.6 Å².